The van der Waals surface area contributed by atoms with Gasteiger partial charge in [0.2, 0.25) is 0 Å². The Morgan fingerprint density at radius 1 is 1.75 bits per heavy atom. The highest BCUT2D eigenvalue weighted by molar-refractivity contribution is 8.11. The summed E-state index contributed by atoms with van der Waals surface area (Å²) >= 11 is 1.33. The second kappa shape index (κ2) is 5.17. The first-order chi connectivity index (χ1) is 5.86. The smallest absolute Gasteiger partial charge is 0.176 e. The molecule has 0 fully saturated rings. The zero-order valence-corrected chi connectivity index (χ0v) is 7.72. The molecule has 2 N–H and O–H groups in total. The van der Waals surface area contributed by atoms with Crippen molar-refractivity contribution < 1.29 is 4.79 Å². The standard InChI is InChI=1S/C9H13NOS/c10-5-8-1-3-9(4-2-8)6-12-7-11/h1-3,7,9H,4-6,10H2. The molecule has 0 radical (unpaired) electrons. The van der Waals surface area contributed by atoms with Gasteiger partial charge in [-0.05, 0) is 17.9 Å². The molecule has 2 nitrogen and oxygen atoms in total. The summed E-state index contributed by atoms with van der Waals surface area (Å²) in [5.41, 5.74) is 7.56. The fourth-order valence-corrected chi connectivity index (χ4v) is 1.72. The molecule has 3 heteroatoms. The zero-order chi connectivity index (χ0) is 8.81. The van der Waals surface area contributed by atoms with Gasteiger partial charge in [-0.25, -0.2) is 0 Å². The SMILES string of the molecule is NCC1=CCC(CSC=O)C=C1. The summed E-state index contributed by atoms with van der Waals surface area (Å²) in [6, 6.07) is 0. The van der Waals surface area contributed by atoms with Crippen molar-refractivity contribution >= 4 is 17.4 Å². The van der Waals surface area contributed by atoms with Crippen LogP contribution in [0.4, 0.5) is 0 Å². The number of rotatable bonds is 4. The third-order valence-corrected chi connectivity index (χ3v) is 2.64. The van der Waals surface area contributed by atoms with Crippen LogP contribution in [0.3, 0.4) is 0 Å². The van der Waals surface area contributed by atoms with Crippen LogP contribution in [0.2, 0.25) is 0 Å². The predicted octanol–water partition coefficient (Wildman–Crippen LogP) is 1.37. The van der Waals surface area contributed by atoms with Crippen molar-refractivity contribution in [3.8, 4) is 0 Å². The normalized spacial score (nSPS) is 22.1. The van der Waals surface area contributed by atoms with Crippen LogP contribution in [0.5, 0.6) is 0 Å². The summed E-state index contributed by atoms with van der Waals surface area (Å²) < 4.78 is 0. The van der Waals surface area contributed by atoms with Crippen molar-refractivity contribution in [2.45, 2.75) is 6.42 Å². The van der Waals surface area contributed by atoms with E-state index in [0.29, 0.717) is 12.5 Å². The second-order valence-corrected chi connectivity index (χ2v) is 3.63. The van der Waals surface area contributed by atoms with Gasteiger partial charge in [-0.1, -0.05) is 30.0 Å². The third-order valence-electron chi connectivity index (χ3n) is 1.88. The lowest BCUT2D eigenvalue weighted by molar-refractivity contribution is 0.569. The van der Waals surface area contributed by atoms with Gasteiger partial charge in [0.25, 0.3) is 0 Å². The molecule has 0 spiro atoms. The summed E-state index contributed by atoms with van der Waals surface area (Å²) in [5.74, 6) is 1.39. The van der Waals surface area contributed by atoms with E-state index in [2.05, 4.69) is 18.2 Å². The molecule has 0 aliphatic heterocycles. The van der Waals surface area contributed by atoms with Crippen molar-refractivity contribution in [3.05, 3.63) is 23.8 Å². The Labute approximate surface area is 76.9 Å². The Bertz CT molecular complexity index is 211. The van der Waals surface area contributed by atoms with Crippen LogP contribution in [0.25, 0.3) is 0 Å². The predicted molar refractivity (Wildman–Crippen MR) is 53.6 cm³/mol. The summed E-state index contributed by atoms with van der Waals surface area (Å²) in [7, 11) is 0. The van der Waals surface area contributed by atoms with Crippen LogP contribution in [0.15, 0.2) is 23.8 Å². The quantitative estimate of drug-likeness (QED) is 0.669. The second-order valence-electron chi connectivity index (χ2n) is 2.77. The molecule has 1 aliphatic carbocycles. The molecule has 0 heterocycles. The average Bonchev–Trinajstić information content (AvgIpc) is 2.15. The Kier molecular flexibility index (Phi) is 4.11. The number of carbonyl (C=O) groups is 1. The van der Waals surface area contributed by atoms with Gasteiger partial charge in [0.15, 0.2) is 5.62 Å². The van der Waals surface area contributed by atoms with Crippen LogP contribution in [-0.4, -0.2) is 17.9 Å². The maximum Gasteiger partial charge on any atom is 0.176 e. The van der Waals surface area contributed by atoms with Gasteiger partial charge in [0.05, 0.1) is 0 Å². The molecule has 1 atom stereocenters. The highest BCUT2D eigenvalue weighted by atomic mass is 32.2. The third kappa shape index (κ3) is 2.83. The maximum absolute atomic E-state index is 10.1. The molecule has 0 bridgehead atoms. The minimum atomic E-state index is 0.510. The highest BCUT2D eigenvalue weighted by Gasteiger charge is 2.07. The number of thioether (sulfide) groups is 1. The molecule has 1 rings (SSSR count). The molecular formula is C9H13NOS. The van der Waals surface area contributed by atoms with E-state index in [1.165, 1.54) is 17.3 Å². The Morgan fingerprint density at radius 2 is 2.58 bits per heavy atom. The first-order valence-corrected chi connectivity index (χ1v) is 5.04. The number of hydrogen-bond acceptors (Lipinski definition) is 3. The van der Waals surface area contributed by atoms with E-state index in [0.717, 1.165) is 17.8 Å². The molecule has 0 aromatic heterocycles. The molecule has 1 aliphatic rings. The van der Waals surface area contributed by atoms with Gasteiger partial charge >= 0.3 is 0 Å². The van der Waals surface area contributed by atoms with Crippen LogP contribution < -0.4 is 5.73 Å². The number of nitrogens with two attached hydrogens (primary N) is 1. The molecular weight excluding hydrogens is 170 g/mol. The van der Waals surface area contributed by atoms with Crippen molar-refractivity contribution in [1.29, 1.82) is 0 Å². The summed E-state index contributed by atoms with van der Waals surface area (Å²) in [6.07, 6.45) is 7.36. The fourth-order valence-electron chi connectivity index (χ4n) is 1.15. The van der Waals surface area contributed by atoms with Gasteiger partial charge in [-0.15, -0.1) is 0 Å². The van der Waals surface area contributed by atoms with E-state index >= 15 is 0 Å². The van der Waals surface area contributed by atoms with E-state index in [1.54, 1.807) is 0 Å². The molecule has 0 saturated carbocycles. The number of carbonyl (C=O) groups excluding carboxylic acids is 1. The zero-order valence-electron chi connectivity index (χ0n) is 6.90. The number of allylic oxidation sites excluding steroid dienone is 2. The lowest BCUT2D eigenvalue weighted by Crippen LogP contribution is -2.08. The van der Waals surface area contributed by atoms with Crippen molar-refractivity contribution in [2.24, 2.45) is 11.7 Å². The highest BCUT2D eigenvalue weighted by Crippen LogP contribution is 2.18. The van der Waals surface area contributed by atoms with E-state index < -0.39 is 0 Å². The summed E-state index contributed by atoms with van der Waals surface area (Å²) in [4.78, 5) is 10.1. The molecule has 0 amide bonds. The van der Waals surface area contributed by atoms with E-state index in [9.17, 15) is 4.79 Å². The Hall–Kier alpha value is -0.540. The van der Waals surface area contributed by atoms with Crippen molar-refractivity contribution in [2.75, 3.05) is 12.3 Å². The molecule has 66 valence electrons. The largest absolute Gasteiger partial charge is 0.327 e. The van der Waals surface area contributed by atoms with Gasteiger partial charge in [0.1, 0.15) is 0 Å². The van der Waals surface area contributed by atoms with Gasteiger partial charge < -0.3 is 5.73 Å². The fraction of sp³-hybridized carbons (Fsp3) is 0.444. The van der Waals surface area contributed by atoms with Gasteiger partial charge in [-0.3, -0.25) is 4.79 Å². The summed E-state index contributed by atoms with van der Waals surface area (Å²) in [5, 5.41) is 0. The minimum absolute atomic E-state index is 0.510. The minimum Gasteiger partial charge on any atom is -0.327 e. The van der Waals surface area contributed by atoms with Crippen LogP contribution in [-0.2, 0) is 4.79 Å². The van der Waals surface area contributed by atoms with E-state index in [4.69, 9.17) is 5.73 Å². The molecule has 1 unspecified atom stereocenters. The monoisotopic (exact) mass is 183 g/mol. The molecule has 0 aromatic carbocycles. The molecule has 12 heavy (non-hydrogen) atoms. The Morgan fingerprint density at radius 3 is 3.08 bits per heavy atom. The van der Waals surface area contributed by atoms with E-state index in [1.807, 2.05) is 0 Å². The average molecular weight is 183 g/mol. The maximum atomic E-state index is 10.1. The topological polar surface area (TPSA) is 43.1 Å². The van der Waals surface area contributed by atoms with Crippen molar-refractivity contribution in [1.82, 2.24) is 0 Å². The van der Waals surface area contributed by atoms with Crippen molar-refractivity contribution in [3.63, 3.8) is 0 Å². The van der Waals surface area contributed by atoms with Crippen LogP contribution >= 0.6 is 11.8 Å². The van der Waals surface area contributed by atoms with Gasteiger partial charge in [-0.2, -0.15) is 0 Å². The van der Waals surface area contributed by atoms with Gasteiger partial charge in [0, 0.05) is 12.3 Å². The molecule has 0 saturated heterocycles. The van der Waals surface area contributed by atoms with Crippen LogP contribution in [0.1, 0.15) is 6.42 Å². The molecule has 0 aromatic rings. The Balaban J connectivity index is 2.32. The summed E-state index contributed by atoms with van der Waals surface area (Å²) in [6.45, 7) is 0.615. The van der Waals surface area contributed by atoms with Crippen LogP contribution in [0, 0.1) is 5.92 Å². The first-order valence-electron chi connectivity index (χ1n) is 3.99. The lowest BCUT2D eigenvalue weighted by atomic mass is 9.98. The van der Waals surface area contributed by atoms with E-state index in [-0.39, 0.29) is 0 Å². The lowest BCUT2D eigenvalue weighted by Gasteiger charge is -2.13. The number of hydrogen-bond donors (Lipinski definition) is 1. The first kappa shape index (κ1) is 9.55.